The van der Waals surface area contributed by atoms with Gasteiger partial charge in [-0.1, -0.05) is 89.8 Å². The molecule has 0 unspecified atom stereocenters. The number of nitrogens with zero attached hydrogens (tertiary/aromatic N) is 2. The van der Waals surface area contributed by atoms with Crippen molar-refractivity contribution in [3.63, 3.8) is 0 Å². The maximum atomic E-state index is 13.4. The van der Waals surface area contributed by atoms with E-state index in [0.717, 1.165) is 26.7 Å². The van der Waals surface area contributed by atoms with E-state index in [4.69, 9.17) is 12.2 Å². The highest BCUT2D eigenvalue weighted by atomic mass is 32.2. The Balaban J connectivity index is 1.27. The number of benzene rings is 3. The van der Waals surface area contributed by atoms with Crippen molar-refractivity contribution >= 4 is 69.3 Å². The minimum Gasteiger partial charge on any atom is -0.293 e. The molecule has 7 heteroatoms. The predicted octanol–water partition coefficient (Wildman–Crippen LogP) is 6.81. The molecule has 0 radical (unpaired) electrons. The van der Waals surface area contributed by atoms with Crippen LogP contribution in [0.2, 0.25) is 0 Å². The van der Waals surface area contributed by atoms with Crippen LogP contribution in [-0.4, -0.2) is 27.6 Å². The average molecular weight is 503 g/mol. The number of thiocarbonyl (C=S) groups is 1. The number of thioether (sulfide) groups is 1. The van der Waals surface area contributed by atoms with Gasteiger partial charge in [-0.15, -0.1) is 0 Å². The van der Waals surface area contributed by atoms with Gasteiger partial charge in [-0.3, -0.25) is 19.4 Å². The molecule has 0 atom stereocenters. The lowest BCUT2D eigenvalue weighted by Gasteiger charge is -2.31. The summed E-state index contributed by atoms with van der Waals surface area (Å²) in [7, 11) is 0. The summed E-state index contributed by atoms with van der Waals surface area (Å²) in [6, 6.07) is 23.9. The molecular formula is C27H22N2O2S3. The summed E-state index contributed by atoms with van der Waals surface area (Å²) < 4.78 is 0.542. The van der Waals surface area contributed by atoms with Crippen molar-refractivity contribution in [2.24, 2.45) is 0 Å². The number of aryl methyl sites for hydroxylation is 1. The molecule has 1 saturated heterocycles. The van der Waals surface area contributed by atoms with Crippen molar-refractivity contribution in [3.05, 3.63) is 88.8 Å². The number of hydrogen-bond acceptors (Lipinski definition) is 5. The summed E-state index contributed by atoms with van der Waals surface area (Å²) in [5.41, 5.74) is 3.96. The van der Waals surface area contributed by atoms with Gasteiger partial charge in [0.25, 0.3) is 5.91 Å². The van der Waals surface area contributed by atoms with Gasteiger partial charge in [0.2, 0.25) is 5.91 Å². The second kappa shape index (κ2) is 9.78. The van der Waals surface area contributed by atoms with Crippen molar-refractivity contribution in [3.8, 4) is 0 Å². The van der Waals surface area contributed by atoms with Gasteiger partial charge in [-0.05, 0) is 49.2 Å². The Morgan fingerprint density at radius 2 is 1.53 bits per heavy atom. The van der Waals surface area contributed by atoms with Crippen LogP contribution in [0.15, 0.2) is 87.5 Å². The maximum absolute atomic E-state index is 13.4. The van der Waals surface area contributed by atoms with Crippen molar-refractivity contribution in [2.45, 2.75) is 29.6 Å². The van der Waals surface area contributed by atoms with Crippen LogP contribution in [0.3, 0.4) is 0 Å². The number of rotatable bonds is 5. The third kappa shape index (κ3) is 4.56. The van der Waals surface area contributed by atoms with Crippen LogP contribution in [0.5, 0.6) is 0 Å². The average Bonchev–Trinajstić information content (AvgIpc) is 3.11. The number of anilines is 2. The molecule has 5 rings (SSSR count). The molecule has 34 heavy (non-hydrogen) atoms. The normalized spacial score (nSPS) is 16.1. The Kier molecular flexibility index (Phi) is 6.59. The van der Waals surface area contributed by atoms with Crippen molar-refractivity contribution < 1.29 is 9.59 Å². The summed E-state index contributed by atoms with van der Waals surface area (Å²) in [5.74, 6) is -0.0751. The minimum absolute atomic E-state index is 0.0147. The lowest BCUT2D eigenvalue weighted by Crippen LogP contribution is -2.32. The van der Waals surface area contributed by atoms with E-state index in [1.165, 1.54) is 17.3 Å². The van der Waals surface area contributed by atoms with E-state index in [9.17, 15) is 9.59 Å². The molecule has 3 aromatic rings. The SMILES string of the molecule is Cc1ccc(/C=C2\SC(=S)N(CCCC(=O)N3c4ccccc4Sc4ccccc43)C2=O)cc1. The zero-order valence-corrected chi connectivity index (χ0v) is 21.0. The van der Waals surface area contributed by atoms with Crippen molar-refractivity contribution in [1.29, 1.82) is 0 Å². The van der Waals surface area contributed by atoms with E-state index in [0.29, 0.717) is 28.6 Å². The number of carbonyl (C=O) groups is 2. The van der Waals surface area contributed by atoms with Gasteiger partial charge in [0.1, 0.15) is 4.32 Å². The van der Waals surface area contributed by atoms with Gasteiger partial charge < -0.3 is 0 Å². The maximum Gasteiger partial charge on any atom is 0.266 e. The number of amides is 2. The van der Waals surface area contributed by atoms with Gasteiger partial charge in [-0.2, -0.15) is 0 Å². The standard InChI is InChI=1S/C27H22N2O2S3/c1-18-12-14-19(15-13-18)17-24-26(31)28(27(32)34-24)16-6-11-25(30)29-20-7-2-4-9-22(20)33-23-10-5-3-8-21(23)29/h2-5,7-10,12-15,17H,6,11,16H2,1H3/b24-17-. The third-order valence-corrected chi connectivity index (χ3v) is 8.21. The predicted molar refractivity (Wildman–Crippen MR) is 144 cm³/mol. The molecule has 0 saturated carbocycles. The first-order chi connectivity index (χ1) is 16.5. The molecule has 0 aromatic heterocycles. The topological polar surface area (TPSA) is 40.6 Å². The number of fused-ring (bicyclic) bond motifs is 2. The van der Waals surface area contributed by atoms with Crippen LogP contribution >= 0.6 is 35.7 Å². The van der Waals surface area contributed by atoms with Crippen LogP contribution in [0.1, 0.15) is 24.0 Å². The van der Waals surface area contributed by atoms with E-state index in [2.05, 4.69) is 0 Å². The van der Waals surface area contributed by atoms with E-state index >= 15 is 0 Å². The van der Waals surface area contributed by atoms with Crippen LogP contribution in [0.25, 0.3) is 6.08 Å². The fourth-order valence-corrected chi connectivity index (χ4v) is 6.35. The highest BCUT2D eigenvalue weighted by molar-refractivity contribution is 8.26. The molecule has 1 fully saturated rings. The van der Waals surface area contributed by atoms with E-state index in [1.54, 1.807) is 16.7 Å². The van der Waals surface area contributed by atoms with Gasteiger partial charge in [-0.25, -0.2) is 0 Å². The van der Waals surface area contributed by atoms with Crippen LogP contribution in [-0.2, 0) is 9.59 Å². The monoisotopic (exact) mass is 502 g/mol. The molecule has 170 valence electrons. The molecule has 3 aromatic carbocycles. The van der Waals surface area contributed by atoms with E-state index < -0.39 is 0 Å². The molecule has 0 bridgehead atoms. The number of para-hydroxylation sites is 2. The number of hydrogen-bond donors (Lipinski definition) is 0. The fraction of sp³-hybridized carbons (Fsp3) is 0.148. The van der Waals surface area contributed by atoms with Gasteiger partial charge >= 0.3 is 0 Å². The Morgan fingerprint density at radius 3 is 2.18 bits per heavy atom. The third-order valence-electron chi connectivity index (χ3n) is 5.70. The summed E-state index contributed by atoms with van der Waals surface area (Å²) in [4.78, 5) is 32.5. The molecule has 0 aliphatic carbocycles. The Bertz CT molecular complexity index is 1270. The fourth-order valence-electron chi connectivity index (χ4n) is 3.98. The molecule has 4 nitrogen and oxygen atoms in total. The summed E-state index contributed by atoms with van der Waals surface area (Å²) >= 11 is 8.47. The Hall–Kier alpha value is -2.87. The summed E-state index contributed by atoms with van der Waals surface area (Å²) in [5, 5.41) is 0. The first-order valence-corrected chi connectivity index (χ1v) is 13.1. The van der Waals surface area contributed by atoms with E-state index in [1.807, 2.05) is 90.7 Å². The zero-order valence-electron chi connectivity index (χ0n) is 18.6. The smallest absolute Gasteiger partial charge is 0.266 e. The Morgan fingerprint density at radius 1 is 0.912 bits per heavy atom. The van der Waals surface area contributed by atoms with Gasteiger partial charge in [0, 0.05) is 22.8 Å². The lowest BCUT2D eigenvalue weighted by atomic mass is 10.1. The van der Waals surface area contributed by atoms with Crippen molar-refractivity contribution in [2.75, 3.05) is 11.4 Å². The second-order valence-corrected chi connectivity index (χ2v) is 10.9. The molecule has 2 amide bonds. The first-order valence-electron chi connectivity index (χ1n) is 11.0. The molecule has 0 N–H and O–H groups in total. The van der Waals surface area contributed by atoms with Crippen LogP contribution in [0.4, 0.5) is 11.4 Å². The molecule has 2 heterocycles. The largest absolute Gasteiger partial charge is 0.293 e. The van der Waals surface area contributed by atoms with Crippen LogP contribution < -0.4 is 4.90 Å². The van der Waals surface area contributed by atoms with Crippen LogP contribution in [0, 0.1) is 6.92 Å². The van der Waals surface area contributed by atoms with Gasteiger partial charge in [0.05, 0.1) is 16.3 Å². The zero-order chi connectivity index (χ0) is 23.7. The Labute approximate surface area is 213 Å². The molecule has 0 spiro atoms. The molecular weight excluding hydrogens is 481 g/mol. The molecule has 2 aliphatic rings. The first kappa shape index (κ1) is 22.9. The van der Waals surface area contributed by atoms with Crippen molar-refractivity contribution in [1.82, 2.24) is 4.90 Å². The minimum atomic E-state index is -0.0897. The highest BCUT2D eigenvalue weighted by Crippen LogP contribution is 2.48. The van der Waals surface area contributed by atoms with Gasteiger partial charge in [0.15, 0.2) is 0 Å². The lowest BCUT2D eigenvalue weighted by molar-refractivity contribution is -0.123. The quantitative estimate of drug-likeness (QED) is 0.283. The summed E-state index contributed by atoms with van der Waals surface area (Å²) in [6.45, 7) is 2.46. The highest BCUT2D eigenvalue weighted by Gasteiger charge is 2.32. The van der Waals surface area contributed by atoms with E-state index in [-0.39, 0.29) is 11.8 Å². The second-order valence-electron chi connectivity index (χ2n) is 8.11. The summed E-state index contributed by atoms with van der Waals surface area (Å²) in [6.07, 6.45) is 2.74. The molecule has 2 aliphatic heterocycles. The number of carbonyl (C=O) groups excluding carboxylic acids is 2.